The molecule has 0 spiro atoms. The van der Waals surface area contributed by atoms with Gasteiger partial charge in [0.15, 0.2) is 11.6 Å². The van der Waals surface area contributed by atoms with Crippen molar-refractivity contribution < 1.29 is 19.1 Å². The lowest BCUT2D eigenvalue weighted by molar-refractivity contribution is -0.187. The molecule has 0 aliphatic carbocycles. The topological polar surface area (TPSA) is 60.4 Å². The molecular formula is C28H25BrO4. The van der Waals surface area contributed by atoms with Gasteiger partial charge >= 0.3 is 5.97 Å². The van der Waals surface area contributed by atoms with E-state index in [-0.39, 0.29) is 18.0 Å². The fourth-order valence-electron chi connectivity index (χ4n) is 4.48. The number of ether oxygens (including phenoxy) is 1. The monoisotopic (exact) mass is 504 g/mol. The lowest BCUT2D eigenvalue weighted by Gasteiger charge is -2.44. The lowest BCUT2D eigenvalue weighted by atomic mass is 9.64. The molecular weight excluding hydrogens is 480 g/mol. The zero-order valence-corrected chi connectivity index (χ0v) is 20.4. The Bertz CT molecular complexity index is 1200. The van der Waals surface area contributed by atoms with Crippen LogP contribution in [0.1, 0.15) is 49.2 Å². The maximum Gasteiger partial charge on any atom is 0.320 e. The number of Topliss-reactive ketones (excluding diaryl/α,β-unsaturated/α-hetero) is 2. The Balaban J connectivity index is 1.56. The van der Waals surface area contributed by atoms with Crippen molar-refractivity contribution in [1.29, 1.82) is 0 Å². The van der Waals surface area contributed by atoms with Gasteiger partial charge in [-0.05, 0) is 49.6 Å². The number of carbonyl (C=O) groups excluding carboxylic acids is 3. The van der Waals surface area contributed by atoms with Gasteiger partial charge in [0.25, 0.3) is 0 Å². The standard InChI is InChI=1S/C28H25BrO4/c1-27(2)24(21-13-15-22(29)16-14-21)33-26(32)28(3,25(27)31)17-23(30)20-11-9-19(10-12-20)18-7-5-4-6-8-18/h4-16,24H,17H2,1-3H3. The Morgan fingerprint density at radius 2 is 1.42 bits per heavy atom. The van der Waals surface area contributed by atoms with E-state index in [4.69, 9.17) is 4.74 Å². The molecule has 1 aliphatic rings. The van der Waals surface area contributed by atoms with Gasteiger partial charge in [0, 0.05) is 16.5 Å². The summed E-state index contributed by atoms with van der Waals surface area (Å²) >= 11 is 3.39. The van der Waals surface area contributed by atoms with Gasteiger partial charge in [-0.25, -0.2) is 0 Å². The van der Waals surface area contributed by atoms with Crippen LogP contribution >= 0.6 is 15.9 Å². The number of carbonyl (C=O) groups is 3. The number of hydrogen-bond donors (Lipinski definition) is 0. The van der Waals surface area contributed by atoms with E-state index in [1.54, 1.807) is 26.0 Å². The average molecular weight is 505 g/mol. The zero-order chi connectivity index (χ0) is 23.8. The summed E-state index contributed by atoms with van der Waals surface area (Å²) in [5.41, 5.74) is 0.734. The second-order valence-corrected chi connectivity index (χ2v) is 10.2. The summed E-state index contributed by atoms with van der Waals surface area (Å²) in [6.45, 7) is 5.06. The van der Waals surface area contributed by atoms with Crippen molar-refractivity contribution in [3.05, 3.63) is 94.5 Å². The lowest BCUT2D eigenvalue weighted by Crippen LogP contribution is -2.54. The molecule has 3 aromatic carbocycles. The summed E-state index contributed by atoms with van der Waals surface area (Å²) < 4.78 is 6.69. The Morgan fingerprint density at radius 1 is 0.848 bits per heavy atom. The number of halogens is 1. The van der Waals surface area contributed by atoms with Gasteiger partial charge in [-0.15, -0.1) is 0 Å². The quantitative estimate of drug-likeness (QED) is 0.223. The Labute approximate surface area is 202 Å². The van der Waals surface area contributed by atoms with E-state index in [2.05, 4.69) is 15.9 Å². The van der Waals surface area contributed by atoms with E-state index < -0.39 is 22.9 Å². The van der Waals surface area contributed by atoms with E-state index in [0.29, 0.717) is 5.56 Å². The first-order valence-corrected chi connectivity index (χ1v) is 11.6. The molecule has 0 aromatic heterocycles. The van der Waals surface area contributed by atoms with Gasteiger partial charge in [-0.1, -0.05) is 82.7 Å². The molecule has 4 rings (SSSR count). The largest absolute Gasteiger partial charge is 0.456 e. The van der Waals surface area contributed by atoms with Crippen LogP contribution in [0.15, 0.2) is 83.3 Å². The van der Waals surface area contributed by atoms with E-state index in [1.807, 2.05) is 66.7 Å². The molecule has 2 atom stereocenters. The molecule has 0 saturated carbocycles. The molecule has 1 saturated heterocycles. The first kappa shape index (κ1) is 23.1. The van der Waals surface area contributed by atoms with Crippen LogP contribution < -0.4 is 0 Å². The number of benzene rings is 3. The first-order valence-electron chi connectivity index (χ1n) is 10.8. The predicted molar refractivity (Wildman–Crippen MR) is 131 cm³/mol. The van der Waals surface area contributed by atoms with Gasteiger partial charge in [0.2, 0.25) is 0 Å². The normalized spacial score (nSPS) is 22.0. The van der Waals surface area contributed by atoms with Crippen LogP contribution in [-0.2, 0) is 14.3 Å². The van der Waals surface area contributed by atoms with Gasteiger partial charge in [-0.2, -0.15) is 0 Å². The number of rotatable bonds is 5. The maximum absolute atomic E-state index is 13.6. The molecule has 0 N–H and O–H groups in total. The Hall–Kier alpha value is -3.05. The fourth-order valence-corrected chi connectivity index (χ4v) is 4.75. The van der Waals surface area contributed by atoms with Crippen LogP contribution in [0.3, 0.4) is 0 Å². The minimum absolute atomic E-state index is 0.230. The van der Waals surface area contributed by atoms with Gasteiger partial charge < -0.3 is 4.74 Å². The highest BCUT2D eigenvalue weighted by Gasteiger charge is 2.58. The maximum atomic E-state index is 13.6. The second kappa shape index (κ2) is 8.71. The third-order valence-corrected chi connectivity index (χ3v) is 6.95. The van der Waals surface area contributed by atoms with E-state index in [9.17, 15) is 14.4 Å². The van der Waals surface area contributed by atoms with Crippen molar-refractivity contribution >= 4 is 33.5 Å². The van der Waals surface area contributed by atoms with Gasteiger partial charge in [0.1, 0.15) is 11.5 Å². The summed E-state index contributed by atoms with van der Waals surface area (Å²) in [5.74, 6) is -1.21. The zero-order valence-electron chi connectivity index (χ0n) is 18.8. The summed E-state index contributed by atoms with van der Waals surface area (Å²) in [4.78, 5) is 39.7. The first-order chi connectivity index (χ1) is 15.6. The molecule has 33 heavy (non-hydrogen) atoms. The van der Waals surface area contributed by atoms with E-state index >= 15 is 0 Å². The molecule has 3 aromatic rings. The summed E-state index contributed by atoms with van der Waals surface area (Å²) in [6.07, 6.45) is -0.940. The van der Waals surface area contributed by atoms with Crippen LogP contribution in [-0.4, -0.2) is 17.5 Å². The van der Waals surface area contributed by atoms with Crippen LogP contribution in [0.5, 0.6) is 0 Å². The van der Waals surface area contributed by atoms with Crippen molar-refractivity contribution in [2.45, 2.75) is 33.3 Å². The van der Waals surface area contributed by atoms with Gasteiger partial charge in [-0.3, -0.25) is 14.4 Å². The molecule has 2 unspecified atom stereocenters. The number of hydrogen-bond acceptors (Lipinski definition) is 4. The molecule has 1 aliphatic heterocycles. The highest BCUT2D eigenvalue weighted by molar-refractivity contribution is 9.10. The number of ketones is 2. The van der Waals surface area contributed by atoms with Crippen molar-refractivity contribution in [3.8, 4) is 11.1 Å². The average Bonchev–Trinajstić information content (AvgIpc) is 2.82. The van der Waals surface area contributed by atoms with Crippen molar-refractivity contribution in [2.24, 2.45) is 10.8 Å². The van der Waals surface area contributed by atoms with Crippen LogP contribution in [0.25, 0.3) is 11.1 Å². The van der Waals surface area contributed by atoms with Crippen molar-refractivity contribution in [3.63, 3.8) is 0 Å². The van der Waals surface area contributed by atoms with Gasteiger partial charge in [0.05, 0.1) is 5.41 Å². The highest BCUT2D eigenvalue weighted by atomic mass is 79.9. The van der Waals surface area contributed by atoms with E-state index in [1.165, 1.54) is 6.92 Å². The van der Waals surface area contributed by atoms with Crippen LogP contribution in [0.2, 0.25) is 0 Å². The number of esters is 1. The summed E-state index contributed by atoms with van der Waals surface area (Å²) in [6, 6.07) is 24.4. The highest BCUT2D eigenvalue weighted by Crippen LogP contribution is 2.49. The SMILES string of the molecule is CC1(CC(=O)c2ccc(-c3ccccc3)cc2)C(=O)OC(c2ccc(Br)cc2)C(C)(C)C1=O. The fraction of sp³-hybridized carbons (Fsp3) is 0.250. The summed E-state index contributed by atoms with van der Waals surface area (Å²) in [5, 5.41) is 0. The minimum Gasteiger partial charge on any atom is -0.456 e. The smallest absolute Gasteiger partial charge is 0.320 e. The molecule has 0 bridgehead atoms. The molecule has 0 radical (unpaired) electrons. The Kier molecular flexibility index (Phi) is 6.10. The summed E-state index contributed by atoms with van der Waals surface area (Å²) in [7, 11) is 0. The Morgan fingerprint density at radius 3 is 2.03 bits per heavy atom. The van der Waals surface area contributed by atoms with Crippen molar-refractivity contribution in [1.82, 2.24) is 0 Å². The molecule has 168 valence electrons. The molecule has 1 fully saturated rings. The third-order valence-electron chi connectivity index (χ3n) is 6.42. The number of cyclic esters (lactones) is 1. The molecule has 4 nitrogen and oxygen atoms in total. The molecule has 0 amide bonds. The molecule has 1 heterocycles. The van der Waals surface area contributed by atoms with E-state index in [0.717, 1.165) is 21.2 Å². The molecule has 5 heteroatoms. The van der Waals surface area contributed by atoms with Crippen molar-refractivity contribution in [2.75, 3.05) is 0 Å². The predicted octanol–water partition coefficient (Wildman–Crippen LogP) is 6.59. The second-order valence-electron chi connectivity index (χ2n) is 9.26. The minimum atomic E-state index is -1.54. The van der Waals surface area contributed by atoms with Crippen LogP contribution in [0.4, 0.5) is 0 Å². The third kappa shape index (κ3) is 4.30. The van der Waals surface area contributed by atoms with Crippen LogP contribution in [0, 0.1) is 10.8 Å².